The molecule has 0 spiro atoms. The van der Waals surface area contributed by atoms with Crippen LogP contribution in [0.2, 0.25) is 0 Å². The number of amides is 1. The highest BCUT2D eigenvalue weighted by Gasteiger charge is 2.53. The number of aromatic hydroxyl groups is 1. The molecule has 4 unspecified atom stereocenters. The van der Waals surface area contributed by atoms with Crippen molar-refractivity contribution in [3.63, 3.8) is 0 Å². The van der Waals surface area contributed by atoms with E-state index in [0.29, 0.717) is 18.0 Å². The molecule has 202 valence electrons. The Morgan fingerprint density at radius 3 is 2.32 bits per heavy atom. The molecular weight excluding hydrogens is 492 g/mol. The van der Waals surface area contributed by atoms with Crippen LogP contribution in [0.5, 0.6) is 28.7 Å². The summed E-state index contributed by atoms with van der Waals surface area (Å²) in [7, 11) is 2.93. The monoisotopic (exact) mass is 524 g/mol. The minimum absolute atomic E-state index is 0.0787. The van der Waals surface area contributed by atoms with Crippen LogP contribution < -0.4 is 24.3 Å². The lowest BCUT2D eigenvalue weighted by Crippen LogP contribution is -2.46. The lowest BCUT2D eigenvalue weighted by molar-refractivity contribution is -0.141. The lowest BCUT2D eigenvalue weighted by atomic mass is 9.65. The molecule has 2 saturated heterocycles. The number of phenolic OH excluding ortho intramolecular Hbond substituents is 1. The molecule has 2 aromatic carbocycles. The van der Waals surface area contributed by atoms with Crippen LogP contribution in [0.25, 0.3) is 0 Å². The maximum Gasteiger partial charge on any atom is 0.310 e. The molecule has 0 radical (unpaired) electrons. The molecule has 10 nitrogen and oxygen atoms in total. The Morgan fingerprint density at radius 2 is 1.66 bits per heavy atom. The van der Waals surface area contributed by atoms with E-state index in [1.807, 2.05) is 12.1 Å². The Hall–Kier alpha value is -3.66. The second-order valence-electron chi connectivity index (χ2n) is 10.3. The minimum Gasteiger partial charge on any atom is -0.502 e. The predicted octanol–water partition coefficient (Wildman–Crippen LogP) is 2.72. The van der Waals surface area contributed by atoms with Gasteiger partial charge in [-0.05, 0) is 66.9 Å². The number of methoxy groups -OCH3 is 2. The topological polar surface area (TPSA) is 116 Å². The van der Waals surface area contributed by atoms with Gasteiger partial charge < -0.3 is 34.1 Å². The summed E-state index contributed by atoms with van der Waals surface area (Å²) in [6.45, 7) is 2.43. The van der Waals surface area contributed by atoms with Gasteiger partial charge >= 0.3 is 5.97 Å². The second kappa shape index (κ2) is 9.90. The number of hydrogen-bond donors (Lipinski definition) is 2. The summed E-state index contributed by atoms with van der Waals surface area (Å²) in [4.78, 5) is 28.7. The van der Waals surface area contributed by atoms with Crippen molar-refractivity contribution >= 4 is 11.9 Å². The summed E-state index contributed by atoms with van der Waals surface area (Å²) in [6, 6.07) is 6.79. The molecule has 10 heteroatoms. The maximum absolute atomic E-state index is 13.3. The third kappa shape index (κ3) is 4.16. The Morgan fingerprint density at radius 1 is 1.00 bits per heavy atom. The number of esters is 1. The lowest BCUT2D eigenvalue weighted by Gasteiger charge is -2.40. The molecule has 1 amide bonds. The SMILES string of the molecule is COc1cc(C2c3cc4c(cc3C(NC(=O)CN3CCCCC3)C3COC(=O)C23)OCO4)cc(OC)c1O. The van der Waals surface area contributed by atoms with E-state index in [1.165, 1.54) is 20.6 Å². The molecule has 3 aliphatic heterocycles. The molecule has 38 heavy (non-hydrogen) atoms. The summed E-state index contributed by atoms with van der Waals surface area (Å²) >= 11 is 0. The van der Waals surface area contributed by atoms with Gasteiger partial charge in [-0.15, -0.1) is 0 Å². The number of nitrogens with one attached hydrogen (secondary N) is 1. The van der Waals surface area contributed by atoms with Gasteiger partial charge in [0.2, 0.25) is 18.4 Å². The summed E-state index contributed by atoms with van der Waals surface area (Å²) in [5, 5.41) is 13.8. The van der Waals surface area contributed by atoms with Crippen LogP contribution in [0.3, 0.4) is 0 Å². The van der Waals surface area contributed by atoms with Crippen molar-refractivity contribution in [1.29, 1.82) is 0 Å². The summed E-state index contributed by atoms with van der Waals surface area (Å²) < 4.78 is 27.8. The predicted molar refractivity (Wildman–Crippen MR) is 135 cm³/mol. The van der Waals surface area contributed by atoms with Crippen LogP contribution in [-0.2, 0) is 14.3 Å². The number of carbonyl (C=O) groups is 2. The van der Waals surface area contributed by atoms with Crippen molar-refractivity contribution in [2.24, 2.45) is 11.8 Å². The molecule has 2 fully saturated rings. The first-order chi connectivity index (χ1) is 18.5. The van der Waals surface area contributed by atoms with Gasteiger partial charge in [-0.1, -0.05) is 6.42 Å². The average molecular weight is 525 g/mol. The maximum atomic E-state index is 13.3. The highest BCUT2D eigenvalue weighted by atomic mass is 16.7. The van der Waals surface area contributed by atoms with E-state index in [0.717, 1.165) is 42.6 Å². The van der Waals surface area contributed by atoms with Crippen LogP contribution in [0, 0.1) is 11.8 Å². The van der Waals surface area contributed by atoms with Gasteiger partial charge in [0.05, 0.1) is 39.3 Å². The molecule has 0 aromatic heterocycles. The Kier molecular flexibility index (Phi) is 6.43. The van der Waals surface area contributed by atoms with Crippen LogP contribution in [-0.4, -0.2) is 69.1 Å². The minimum atomic E-state index is -0.567. The number of carbonyl (C=O) groups excluding carboxylic acids is 2. The van der Waals surface area contributed by atoms with Gasteiger partial charge in [-0.25, -0.2) is 0 Å². The van der Waals surface area contributed by atoms with E-state index in [2.05, 4.69) is 10.2 Å². The molecule has 0 bridgehead atoms. The number of cyclic esters (lactones) is 1. The van der Waals surface area contributed by atoms with Gasteiger partial charge in [0.1, 0.15) is 0 Å². The number of piperidine rings is 1. The van der Waals surface area contributed by atoms with Gasteiger partial charge in [-0.3, -0.25) is 14.5 Å². The number of likely N-dealkylation sites (tertiary alicyclic amines) is 1. The number of rotatable bonds is 6. The molecule has 2 N–H and O–H groups in total. The average Bonchev–Trinajstić information content (AvgIpc) is 3.55. The normalized spacial score (nSPS) is 25.8. The van der Waals surface area contributed by atoms with E-state index in [-0.39, 0.29) is 48.4 Å². The fourth-order valence-corrected chi connectivity index (χ4v) is 6.38. The van der Waals surface area contributed by atoms with Crippen molar-refractivity contribution < 1.29 is 38.4 Å². The Balaban J connectivity index is 1.44. The number of ether oxygens (including phenoxy) is 5. The summed E-state index contributed by atoms with van der Waals surface area (Å²) in [6.07, 6.45) is 3.38. The Labute approximate surface area is 220 Å². The molecule has 4 aliphatic rings. The number of benzene rings is 2. The highest BCUT2D eigenvalue weighted by Crippen LogP contribution is 2.55. The first-order valence-electron chi connectivity index (χ1n) is 13.0. The van der Waals surface area contributed by atoms with E-state index in [9.17, 15) is 14.7 Å². The number of phenols is 1. The zero-order valence-corrected chi connectivity index (χ0v) is 21.5. The molecule has 6 rings (SSSR count). The molecule has 1 aliphatic carbocycles. The van der Waals surface area contributed by atoms with Crippen molar-refractivity contribution in [2.75, 3.05) is 47.3 Å². The van der Waals surface area contributed by atoms with Crippen LogP contribution >= 0.6 is 0 Å². The van der Waals surface area contributed by atoms with Crippen LogP contribution in [0.1, 0.15) is 47.9 Å². The smallest absolute Gasteiger partial charge is 0.310 e. The van der Waals surface area contributed by atoms with E-state index < -0.39 is 17.9 Å². The molecular formula is C28H32N2O8. The largest absolute Gasteiger partial charge is 0.502 e. The van der Waals surface area contributed by atoms with Gasteiger partial charge in [0.15, 0.2) is 23.0 Å². The fourth-order valence-electron chi connectivity index (χ4n) is 6.38. The number of nitrogens with zero attached hydrogens (tertiary/aromatic N) is 1. The van der Waals surface area contributed by atoms with Crippen LogP contribution in [0.4, 0.5) is 0 Å². The highest BCUT2D eigenvalue weighted by molar-refractivity contribution is 5.81. The fraction of sp³-hybridized carbons (Fsp3) is 0.500. The zero-order chi connectivity index (χ0) is 26.4. The summed E-state index contributed by atoms with van der Waals surface area (Å²) in [5.74, 6) is -0.180. The molecule has 2 aromatic rings. The molecule has 0 saturated carbocycles. The number of hydrogen-bond acceptors (Lipinski definition) is 9. The van der Waals surface area contributed by atoms with Crippen molar-refractivity contribution in [3.05, 3.63) is 41.0 Å². The van der Waals surface area contributed by atoms with Crippen molar-refractivity contribution in [2.45, 2.75) is 31.2 Å². The Bertz CT molecular complexity index is 1230. The van der Waals surface area contributed by atoms with E-state index in [1.54, 1.807) is 12.1 Å². The third-order valence-corrected chi connectivity index (χ3v) is 8.18. The quantitative estimate of drug-likeness (QED) is 0.551. The first kappa shape index (κ1) is 24.7. The van der Waals surface area contributed by atoms with Gasteiger partial charge in [0.25, 0.3) is 0 Å². The van der Waals surface area contributed by atoms with E-state index in [4.69, 9.17) is 23.7 Å². The summed E-state index contributed by atoms with van der Waals surface area (Å²) in [5.41, 5.74) is 2.41. The zero-order valence-electron chi connectivity index (χ0n) is 21.5. The van der Waals surface area contributed by atoms with E-state index >= 15 is 0 Å². The third-order valence-electron chi connectivity index (χ3n) is 8.18. The standard InChI is InChI=1S/C28H32N2O8/c1-34-21-8-15(9-22(35-2)27(21)32)24-16-10-19-20(38-14-37-19)11-17(16)26(18-13-36-28(33)25(18)24)29-23(31)12-30-6-4-3-5-7-30/h8-11,18,24-26,32H,3-7,12-14H2,1-2H3,(H,29,31). The van der Waals surface area contributed by atoms with Crippen molar-refractivity contribution in [3.8, 4) is 28.7 Å². The van der Waals surface area contributed by atoms with Gasteiger partial charge in [-0.2, -0.15) is 0 Å². The first-order valence-corrected chi connectivity index (χ1v) is 13.0. The molecule has 4 atom stereocenters. The second-order valence-corrected chi connectivity index (χ2v) is 10.3. The van der Waals surface area contributed by atoms with Crippen molar-refractivity contribution in [1.82, 2.24) is 10.2 Å². The molecule has 3 heterocycles. The van der Waals surface area contributed by atoms with Gasteiger partial charge in [0, 0.05) is 11.8 Å². The number of fused-ring (bicyclic) bond motifs is 3. The van der Waals surface area contributed by atoms with Crippen LogP contribution in [0.15, 0.2) is 24.3 Å².